The van der Waals surface area contributed by atoms with Gasteiger partial charge in [-0.1, -0.05) is 17.7 Å². The molecule has 0 bridgehead atoms. The molecular formula is C19H14ClF3N6O. The molecule has 0 saturated heterocycles. The van der Waals surface area contributed by atoms with E-state index in [9.17, 15) is 23.2 Å². The van der Waals surface area contributed by atoms with Crippen molar-refractivity contribution < 1.29 is 13.2 Å². The molecule has 1 aliphatic rings. The van der Waals surface area contributed by atoms with Crippen LogP contribution in [-0.4, -0.2) is 26.3 Å². The van der Waals surface area contributed by atoms with E-state index in [2.05, 4.69) is 15.2 Å². The summed E-state index contributed by atoms with van der Waals surface area (Å²) in [6.07, 6.45) is -1.67. The zero-order chi connectivity index (χ0) is 21.5. The molecule has 0 unspecified atom stereocenters. The van der Waals surface area contributed by atoms with Crippen molar-refractivity contribution in [2.45, 2.75) is 25.7 Å². The smallest absolute Gasteiger partial charge is 0.360 e. The van der Waals surface area contributed by atoms with E-state index in [1.807, 2.05) is 15.5 Å². The van der Waals surface area contributed by atoms with Gasteiger partial charge in [-0.05, 0) is 17.7 Å². The Morgan fingerprint density at radius 3 is 2.80 bits per heavy atom. The van der Waals surface area contributed by atoms with Crippen molar-refractivity contribution in [2.24, 2.45) is 0 Å². The molecule has 11 heteroatoms. The van der Waals surface area contributed by atoms with Crippen LogP contribution in [-0.2, 0) is 25.7 Å². The first kappa shape index (κ1) is 20.0. The zero-order valence-corrected chi connectivity index (χ0v) is 16.1. The second-order valence-corrected chi connectivity index (χ2v) is 7.13. The number of nitrogens with one attached hydrogen (secondary N) is 1. The van der Waals surface area contributed by atoms with E-state index in [1.54, 1.807) is 0 Å². The van der Waals surface area contributed by atoms with Gasteiger partial charge in [0, 0.05) is 31.4 Å². The summed E-state index contributed by atoms with van der Waals surface area (Å²) in [7, 11) is 0. The van der Waals surface area contributed by atoms with Gasteiger partial charge in [0.2, 0.25) is 0 Å². The molecule has 0 saturated carbocycles. The van der Waals surface area contributed by atoms with Crippen molar-refractivity contribution in [3.63, 3.8) is 0 Å². The van der Waals surface area contributed by atoms with Crippen LogP contribution >= 0.6 is 11.6 Å². The second kappa shape index (κ2) is 7.50. The van der Waals surface area contributed by atoms with Gasteiger partial charge in [0.15, 0.2) is 0 Å². The van der Waals surface area contributed by atoms with Crippen LogP contribution in [0.3, 0.4) is 0 Å². The molecule has 7 nitrogen and oxygen atoms in total. The summed E-state index contributed by atoms with van der Waals surface area (Å²) in [6, 6.07) is 5.43. The van der Waals surface area contributed by atoms with E-state index in [-0.39, 0.29) is 22.6 Å². The Morgan fingerprint density at radius 1 is 1.27 bits per heavy atom. The topological polar surface area (TPSA) is 90.6 Å². The van der Waals surface area contributed by atoms with E-state index in [0.29, 0.717) is 36.8 Å². The maximum absolute atomic E-state index is 13.5. The Morgan fingerprint density at radius 2 is 2.07 bits per heavy atom. The predicted octanol–water partition coefficient (Wildman–Crippen LogP) is 3.12. The van der Waals surface area contributed by atoms with E-state index >= 15 is 0 Å². The number of hydrogen-bond acceptors (Lipinski definition) is 5. The van der Waals surface area contributed by atoms with Gasteiger partial charge in [-0.25, -0.2) is 10.1 Å². The molecule has 3 aromatic rings. The van der Waals surface area contributed by atoms with Crippen LogP contribution in [0, 0.1) is 11.3 Å². The number of nitrogens with zero attached hydrogens (tertiary/aromatic N) is 5. The lowest BCUT2D eigenvalue weighted by molar-refractivity contribution is -0.138. The molecule has 30 heavy (non-hydrogen) atoms. The summed E-state index contributed by atoms with van der Waals surface area (Å²) in [5.41, 5.74) is -0.371. The molecular weight excluding hydrogens is 421 g/mol. The van der Waals surface area contributed by atoms with Gasteiger partial charge in [0.05, 0.1) is 35.6 Å². The molecule has 4 rings (SSSR count). The van der Waals surface area contributed by atoms with Crippen molar-refractivity contribution in [3.8, 4) is 6.07 Å². The highest BCUT2D eigenvalue weighted by Gasteiger charge is 2.34. The first-order valence-electron chi connectivity index (χ1n) is 8.90. The van der Waals surface area contributed by atoms with Crippen LogP contribution < -0.4 is 10.5 Å². The number of aromatic nitrogens is 4. The lowest BCUT2D eigenvalue weighted by Crippen LogP contribution is -2.35. The SMILES string of the molecule is N#Cc1cccc(C(F)(F)F)c1Cc1cnc2n1CCN(c1cn[nH]c(=O)c1Cl)C2. The number of alkyl halides is 3. The number of fused-ring (bicyclic) bond motifs is 1. The Hall–Kier alpha value is -3.32. The minimum atomic E-state index is -4.56. The van der Waals surface area contributed by atoms with Crippen LogP contribution in [0.5, 0.6) is 0 Å². The van der Waals surface area contributed by atoms with E-state index in [1.165, 1.54) is 24.5 Å². The third-order valence-corrected chi connectivity index (χ3v) is 5.39. The molecule has 0 fully saturated rings. The highest BCUT2D eigenvalue weighted by molar-refractivity contribution is 6.32. The van der Waals surface area contributed by atoms with Crippen molar-refractivity contribution >= 4 is 17.3 Å². The fourth-order valence-electron chi connectivity index (χ4n) is 3.59. The molecule has 154 valence electrons. The summed E-state index contributed by atoms with van der Waals surface area (Å²) >= 11 is 6.07. The normalized spacial score (nSPS) is 13.8. The fourth-order valence-corrected chi connectivity index (χ4v) is 3.80. The second-order valence-electron chi connectivity index (χ2n) is 6.76. The van der Waals surface area contributed by atoms with Gasteiger partial charge in [-0.3, -0.25) is 4.79 Å². The number of halogens is 4. The summed E-state index contributed by atoms with van der Waals surface area (Å²) < 4.78 is 42.2. The molecule has 0 radical (unpaired) electrons. The number of nitriles is 1. The molecule has 2 aromatic heterocycles. The first-order valence-corrected chi connectivity index (χ1v) is 9.28. The van der Waals surface area contributed by atoms with Crippen LogP contribution in [0.4, 0.5) is 18.9 Å². The summed E-state index contributed by atoms with van der Waals surface area (Å²) in [5, 5.41) is 15.3. The molecule has 0 spiro atoms. The first-order chi connectivity index (χ1) is 14.3. The number of benzene rings is 1. The van der Waals surface area contributed by atoms with Gasteiger partial charge in [0.1, 0.15) is 10.8 Å². The third-order valence-electron chi connectivity index (χ3n) is 5.02. The number of H-pyrrole nitrogens is 1. The maximum Gasteiger partial charge on any atom is 0.416 e. The number of rotatable bonds is 3. The van der Waals surface area contributed by atoms with E-state index < -0.39 is 17.3 Å². The fraction of sp³-hybridized carbons (Fsp3) is 0.263. The monoisotopic (exact) mass is 434 g/mol. The summed E-state index contributed by atoms with van der Waals surface area (Å²) in [5.74, 6) is 0.621. The number of imidazole rings is 1. The highest BCUT2D eigenvalue weighted by Crippen LogP contribution is 2.35. The predicted molar refractivity (Wildman–Crippen MR) is 102 cm³/mol. The average molecular weight is 435 g/mol. The molecule has 0 atom stereocenters. The van der Waals surface area contributed by atoms with E-state index in [4.69, 9.17) is 11.6 Å². The van der Waals surface area contributed by atoms with Crippen molar-refractivity contribution in [3.05, 3.63) is 74.2 Å². The molecule has 1 N–H and O–H groups in total. The van der Waals surface area contributed by atoms with Crippen molar-refractivity contribution in [1.82, 2.24) is 19.7 Å². The van der Waals surface area contributed by atoms with Crippen LogP contribution in [0.25, 0.3) is 0 Å². The lowest BCUT2D eigenvalue weighted by atomic mass is 9.97. The van der Waals surface area contributed by atoms with Crippen molar-refractivity contribution in [1.29, 1.82) is 5.26 Å². The van der Waals surface area contributed by atoms with Gasteiger partial charge in [-0.15, -0.1) is 0 Å². The minimum absolute atomic E-state index is 0.0147. The quantitative estimate of drug-likeness (QED) is 0.684. The van der Waals surface area contributed by atoms with Crippen molar-refractivity contribution in [2.75, 3.05) is 11.4 Å². The van der Waals surface area contributed by atoms with Crippen LogP contribution in [0.15, 0.2) is 35.4 Å². The summed E-state index contributed by atoms with van der Waals surface area (Å²) in [6.45, 7) is 1.22. The standard InChI is InChI=1S/C19H14ClF3N6O/c20-17-15(9-26-27-18(17)30)28-4-5-29-12(8-25-16(29)10-28)6-13-11(7-24)2-1-3-14(13)19(21,22)23/h1-3,8-9H,4-6,10H2,(H,27,30). The van der Waals surface area contributed by atoms with Gasteiger partial charge >= 0.3 is 6.18 Å². The number of anilines is 1. The molecule has 1 aromatic carbocycles. The Bertz CT molecular complexity index is 1210. The summed E-state index contributed by atoms with van der Waals surface area (Å²) in [4.78, 5) is 17.9. The Labute approximate surface area is 173 Å². The van der Waals surface area contributed by atoms with Crippen LogP contribution in [0.2, 0.25) is 5.02 Å². The average Bonchev–Trinajstić information content (AvgIpc) is 3.11. The van der Waals surface area contributed by atoms with E-state index in [0.717, 1.165) is 6.07 Å². The highest BCUT2D eigenvalue weighted by atomic mass is 35.5. The Balaban J connectivity index is 1.66. The molecule has 1 aliphatic heterocycles. The molecule has 0 amide bonds. The number of aromatic amines is 1. The van der Waals surface area contributed by atoms with Gasteiger partial charge in [-0.2, -0.15) is 23.5 Å². The minimum Gasteiger partial charge on any atom is -0.360 e. The molecule has 0 aliphatic carbocycles. The maximum atomic E-state index is 13.5. The lowest BCUT2D eigenvalue weighted by Gasteiger charge is -2.30. The van der Waals surface area contributed by atoms with Gasteiger partial charge < -0.3 is 9.47 Å². The molecule has 3 heterocycles. The largest absolute Gasteiger partial charge is 0.416 e. The number of hydrogen-bond donors (Lipinski definition) is 1. The van der Waals surface area contributed by atoms with Gasteiger partial charge in [0.25, 0.3) is 5.56 Å². The van der Waals surface area contributed by atoms with Crippen LogP contribution in [0.1, 0.15) is 28.2 Å². The Kier molecular flexibility index (Phi) is 4.99. The zero-order valence-electron chi connectivity index (χ0n) is 15.4. The third kappa shape index (κ3) is 3.52.